The van der Waals surface area contributed by atoms with E-state index in [1.165, 1.54) is 11.1 Å². The van der Waals surface area contributed by atoms with Crippen molar-refractivity contribution in [3.05, 3.63) is 64.0 Å². The fourth-order valence-corrected chi connectivity index (χ4v) is 3.89. The molecule has 0 aliphatic carbocycles. The third-order valence-corrected chi connectivity index (χ3v) is 5.79. The van der Waals surface area contributed by atoms with Gasteiger partial charge in [0.25, 0.3) is 0 Å². The normalized spacial score (nSPS) is 14.1. The van der Waals surface area contributed by atoms with E-state index >= 15 is 0 Å². The van der Waals surface area contributed by atoms with Gasteiger partial charge in [-0.1, -0.05) is 64.1 Å². The van der Waals surface area contributed by atoms with Crippen molar-refractivity contribution in [3.8, 4) is 0 Å². The van der Waals surface area contributed by atoms with Crippen LogP contribution in [0.4, 0.5) is 11.4 Å². The summed E-state index contributed by atoms with van der Waals surface area (Å²) in [6.07, 6.45) is -1.08. The summed E-state index contributed by atoms with van der Waals surface area (Å²) in [4.78, 5) is 9.87. The summed E-state index contributed by atoms with van der Waals surface area (Å²) >= 11 is 0.194. The van der Waals surface area contributed by atoms with Crippen molar-refractivity contribution in [1.29, 1.82) is 0 Å². The molecule has 2 unspecified atom stereocenters. The molecule has 0 radical (unpaired) electrons. The van der Waals surface area contributed by atoms with Crippen molar-refractivity contribution in [3.63, 3.8) is 0 Å². The quantitative estimate of drug-likeness (QED) is 0.209. The van der Waals surface area contributed by atoms with Gasteiger partial charge >= 0.3 is 33.3 Å². The van der Waals surface area contributed by atoms with Crippen LogP contribution in [0.3, 0.4) is 0 Å². The number of methoxy groups -OCH3 is 2. The Labute approximate surface area is 232 Å². The average molecular weight is 577 g/mol. The number of benzene rings is 2. The molecule has 0 saturated carbocycles. The number of ether oxygens (including phenoxy) is 2. The van der Waals surface area contributed by atoms with Gasteiger partial charge in [-0.2, -0.15) is 0 Å². The predicted molar refractivity (Wildman–Crippen MR) is 153 cm³/mol. The van der Waals surface area contributed by atoms with Crippen molar-refractivity contribution >= 4 is 43.0 Å². The Morgan fingerprint density at radius 3 is 1.47 bits per heavy atom. The molecule has 0 N–H and O–H groups in total. The molecule has 0 saturated heterocycles. The molecule has 0 aliphatic heterocycles. The second kappa shape index (κ2) is 16.6. The van der Waals surface area contributed by atoms with Crippen LogP contribution in [0.25, 0.3) is 5.32 Å². The number of aryl methyl sites for hydroxylation is 2. The van der Waals surface area contributed by atoms with Gasteiger partial charge in [-0.3, -0.25) is 9.98 Å². The molecule has 0 aromatic heterocycles. The standard InChI is InChI=1S/C28H40N3O2.2ClH.Fe/c1-17(2)23-15-12-16-24(18(3)4)26(23)30-22(8)28(33-10)31-27(32-9)21(7)29-25-19(5)13-11-14-20(25)6;;;/h11-18,27-28H,1-10H3;2*1H;/q-1;;;+3/p-2. The van der Waals surface area contributed by atoms with E-state index in [9.17, 15) is 0 Å². The van der Waals surface area contributed by atoms with Gasteiger partial charge in [-0.05, 0) is 61.8 Å². The third kappa shape index (κ3) is 9.57. The molecule has 2 aromatic carbocycles. The van der Waals surface area contributed by atoms with E-state index in [4.69, 9.17) is 45.0 Å². The first-order chi connectivity index (χ1) is 17.0. The van der Waals surface area contributed by atoms with Crippen LogP contribution >= 0.6 is 20.2 Å². The summed E-state index contributed by atoms with van der Waals surface area (Å²) in [6.45, 7) is 16.8. The zero-order valence-electron chi connectivity index (χ0n) is 23.0. The molecule has 2 atom stereocenters. The number of halogens is 2. The molecule has 8 heteroatoms. The third-order valence-electron chi connectivity index (χ3n) is 5.79. The van der Waals surface area contributed by atoms with Crippen LogP contribution in [0.1, 0.15) is 75.6 Å². The molecule has 0 spiro atoms. The number of nitrogens with zero attached hydrogens (tertiary/aromatic N) is 3. The summed E-state index contributed by atoms with van der Waals surface area (Å²) in [5.41, 5.74) is 8.24. The molecular formula is C28H40Cl2FeN3O2. The maximum atomic E-state index is 5.73. The molecule has 2 rings (SSSR count). The minimum atomic E-state index is -0.543. The molecule has 0 bridgehead atoms. The Bertz CT molecular complexity index is 979. The van der Waals surface area contributed by atoms with Gasteiger partial charge in [0, 0.05) is 38.1 Å². The topological polar surface area (TPSA) is 57.3 Å². The van der Waals surface area contributed by atoms with Gasteiger partial charge < -0.3 is 14.8 Å². The molecule has 2 aromatic rings. The van der Waals surface area contributed by atoms with Crippen molar-refractivity contribution in [2.24, 2.45) is 9.98 Å². The predicted octanol–water partition coefficient (Wildman–Crippen LogP) is 9.13. The van der Waals surface area contributed by atoms with Crippen molar-refractivity contribution in [2.75, 3.05) is 14.2 Å². The fraction of sp³-hybridized carbons (Fsp3) is 0.500. The van der Waals surface area contributed by atoms with Gasteiger partial charge in [0.2, 0.25) is 0 Å². The minimum absolute atomic E-state index is 0.194. The summed E-state index contributed by atoms with van der Waals surface area (Å²) in [6, 6.07) is 12.6. The fourth-order valence-electron chi connectivity index (χ4n) is 3.89. The summed E-state index contributed by atoms with van der Waals surface area (Å²) in [7, 11) is 12.8. The monoisotopic (exact) mass is 576 g/mol. The Hall–Kier alpha value is -1.24. The van der Waals surface area contributed by atoms with E-state index < -0.39 is 12.5 Å². The van der Waals surface area contributed by atoms with Crippen LogP contribution in [0.5, 0.6) is 0 Å². The van der Waals surface area contributed by atoms with Gasteiger partial charge in [0.1, 0.15) is 0 Å². The van der Waals surface area contributed by atoms with E-state index in [-0.39, 0.29) is 13.1 Å². The first-order valence-corrected chi connectivity index (χ1v) is 15.0. The molecule has 0 heterocycles. The van der Waals surface area contributed by atoms with Gasteiger partial charge in [-0.25, -0.2) is 0 Å². The number of rotatable bonds is 10. The molecular weight excluding hydrogens is 537 g/mol. The Kier molecular flexibility index (Phi) is 15.1. The van der Waals surface area contributed by atoms with Crippen LogP contribution < -0.4 is 0 Å². The van der Waals surface area contributed by atoms with Crippen molar-refractivity contribution in [1.82, 2.24) is 0 Å². The molecule has 0 fully saturated rings. The molecule has 0 amide bonds. The van der Waals surface area contributed by atoms with Crippen LogP contribution in [0, 0.1) is 13.8 Å². The number of aliphatic imine (C=N–C) groups is 2. The SMILES string of the molecule is COC([N-]C(OC)C(C)=Nc1c(C(C)C)cccc1C(C)C)C(C)=Nc1c(C)cccc1C.[Cl][Fe+][Cl]. The van der Waals surface area contributed by atoms with Crippen LogP contribution in [-0.4, -0.2) is 38.1 Å². The zero-order valence-corrected chi connectivity index (χ0v) is 25.7. The second-order valence-corrected chi connectivity index (χ2v) is 11.0. The summed E-state index contributed by atoms with van der Waals surface area (Å²) < 4.78 is 11.4. The Balaban J connectivity index is 0.00000205. The van der Waals surface area contributed by atoms with Gasteiger partial charge in [-0.15, -0.1) is 0 Å². The molecule has 5 nitrogen and oxygen atoms in total. The van der Waals surface area contributed by atoms with E-state index in [0.717, 1.165) is 33.9 Å². The van der Waals surface area contributed by atoms with E-state index in [1.54, 1.807) is 14.2 Å². The Morgan fingerprint density at radius 2 is 1.11 bits per heavy atom. The van der Waals surface area contributed by atoms with Crippen LogP contribution in [0.15, 0.2) is 46.4 Å². The average Bonchev–Trinajstić information content (AvgIpc) is 2.82. The number of hydrogen-bond donors (Lipinski definition) is 0. The van der Waals surface area contributed by atoms with E-state index in [1.807, 2.05) is 19.9 Å². The maximum absolute atomic E-state index is 5.73. The van der Waals surface area contributed by atoms with Crippen LogP contribution in [-0.2, 0) is 22.6 Å². The summed E-state index contributed by atoms with van der Waals surface area (Å²) in [5, 5.41) is 4.81. The van der Waals surface area contributed by atoms with Crippen molar-refractivity contribution < 1.29 is 22.6 Å². The summed E-state index contributed by atoms with van der Waals surface area (Å²) in [5.74, 6) is 0.735. The first kappa shape index (κ1) is 32.8. The second-order valence-electron chi connectivity index (χ2n) is 9.22. The molecule has 201 valence electrons. The first-order valence-electron chi connectivity index (χ1n) is 11.9. The van der Waals surface area contributed by atoms with Gasteiger partial charge in [0.15, 0.2) is 0 Å². The number of hydrogen-bond acceptors (Lipinski definition) is 4. The Morgan fingerprint density at radius 1 is 0.750 bits per heavy atom. The van der Waals surface area contributed by atoms with E-state index in [0.29, 0.717) is 11.8 Å². The number of para-hydroxylation sites is 2. The van der Waals surface area contributed by atoms with Crippen molar-refractivity contribution in [2.45, 2.75) is 79.7 Å². The molecule has 0 aliphatic rings. The van der Waals surface area contributed by atoms with E-state index in [2.05, 4.69) is 71.9 Å². The van der Waals surface area contributed by atoms with Crippen LogP contribution in [0.2, 0.25) is 0 Å². The van der Waals surface area contributed by atoms with Gasteiger partial charge in [0.05, 0.1) is 11.4 Å². The zero-order chi connectivity index (χ0) is 27.4. The molecule has 36 heavy (non-hydrogen) atoms.